The summed E-state index contributed by atoms with van der Waals surface area (Å²) in [5, 5.41) is 12.7. The number of nitrogens with zero attached hydrogens (tertiary/aromatic N) is 3. The highest BCUT2D eigenvalue weighted by Crippen LogP contribution is 2.22. The highest BCUT2D eigenvalue weighted by atomic mass is 79.9. The van der Waals surface area contributed by atoms with Crippen molar-refractivity contribution >= 4 is 48.3 Å². The summed E-state index contributed by atoms with van der Waals surface area (Å²) >= 11 is 4.65. The first kappa shape index (κ1) is 19.4. The maximum atomic E-state index is 12.6. The van der Waals surface area contributed by atoms with Crippen molar-refractivity contribution in [3.8, 4) is 0 Å². The molecule has 26 heavy (non-hydrogen) atoms. The number of rotatable bonds is 6. The third-order valence-electron chi connectivity index (χ3n) is 4.06. The van der Waals surface area contributed by atoms with Gasteiger partial charge in [-0.2, -0.15) is 4.31 Å². The number of carbonyl (C=O) groups is 1. The zero-order valence-corrected chi connectivity index (χ0v) is 17.2. The zero-order chi connectivity index (χ0) is 18.6. The van der Waals surface area contributed by atoms with Crippen molar-refractivity contribution in [1.29, 1.82) is 0 Å². The standard InChI is InChI=1S/C16H19BrN4O3S2/c17-9-8-14-19-20-16(25-14)18-15(22)12-4-6-13(7-5-12)26(23,24)21-10-2-1-3-11-21/h4-7H,1-3,8-11H2,(H,18,20,22). The Hall–Kier alpha value is -1.36. The van der Waals surface area contributed by atoms with Gasteiger partial charge in [0.25, 0.3) is 5.91 Å². The summed E-state index contributed by atoms with van der Waals surface area (Å²) in [5.74, 6) is -0.339. The van der Waals surface area contributed by atoms with Crippen LogP contribution in [0.1, 0.15) is 34.6 Å². The third-order valence-corrected chi connectivity index (χ3v) is 7.27. The van der Waals surface area contributed by atoms with Crippen molar-refractivity contribution in [3.05, 3.63) is 34.8 Å². The Balaban J connectivity index is 1.69. The van der Waals surface area contributed by atoms with Crippen molar-refractivity contribution in [3.63, 3.8) is 0 Å². The maximum Gasteiger partial charge on any atom is 0.257 e. The molecule has 1 aromatic heterocycles. The van der Waals surface area contributed by atoms with E-state index in [-0.39, 0.29) is 10.8 Å². The summed E-state index contributed by atoms with van der Waals surface area (Å²) < 4.78 is 26.8. The van der Waals surface area contributed by atoms with Crippen molar-refractivity contribution in [2.24, 2.45) is 0 Å². The summed E-state index contributed by atoms with van der Waals surface area (Å²) in [6.45, 7) is 1.11. The molecular formula is C16H19BrN4O3S2. The van der Waals surface area contributed by atoms with Gasteiger partial charge >= 0.3 is 0 Å². The fraction of sp³-hybridized carbons (Fsp3) is 0.438. The molecule has 1 aliphatic heterocycles. The highest BCUT2D eigenvalue weighted by Gasteiger charge is 2.26. The van der Waals surface area contributed by atoms with Crippen LogP contribution in [0.3, 0.4) is 0 Å². The van der Waals surface area contributed by atoms with Gasteiger partial charge in [0.2, 0.25) is 15.2 Å². The first-order valence-corrected chi connectivity index (χ1v) is 11.7. The Labute approximate surface area is 165 Å². The Morgan fingerprint density at radius 1 is 1.15 bits per heavy atom. The molecule has 1 N–H and O–H groups in total. The van der Waals surface area contributed by atoms with Crippen LogP contribution < -0.4 is 5.32 Å². The molecule has 140 valence electrons. The van der Waals surface area contributed by atoms with Crippen LogP contribution in [0.25, 0.3) is 0 Å². The number of anilines is 1. The van der Waals surface area contributed by atoms with E-state index in [1.165, 1.54) is 39.9 Å². The maximum absolute atomic E-state index is 12.6. The normalized spacial score (nSPS) is 15.7. The summed E-state index contributed by atoms with van der Waals surface area (Å²) in [6, 6.07) is 6.00. The van der Waals surface area contributed by atoms with E-state index < -0.39 is 10.0 Å². The van der Waals surface area contributed by atoms with E-state index in [9.17, 15) is 13.2 Å². The lowest BCUT2D eigenvalue weighted by molar-refractivity contribution is 0.102. The number of alkyl halides is 1. The van der Waals surface area contributed by atoms with E-state index in [4.69, 9.17) is 0 Å². The van der Waals surface area contributed by atoms with Crippen molar-refractivity contribution in [2.45, 2.75) is 30.6 Å². The Bertz CT molecular complexity index is 862. The number of piperidine rings is 1. The molecule has 2 heterocycles. The molecule has 1 amide bonds. The number of hydrogen-bond acceptors (Lipinski definition) is 6. The molecule has 1 aromatic carbocycles. The van der Waals surface area contributed by atoms with Crippen molar-refractivity contribution < 1.29 is 13.2 Å². The van der Waals surface area contributed by atoms with Gasteiger partial charge in [0, 0.05) is 30.4 Å². The second-order valence-electron chi connectivity index (χ2n) is 5.88. The molecule has 0 saturated carbocycles. The summed E-state index contributed by atoms with van der Waals surface area (Å²) in [4.78, 5) is 12.5. The smallest absolute Gasteiger partial charge is 0.257 e. The van der Waals surface area contributed by atoms with Gasteiger partial charge in [-0.3, -0.25) is 10.1 Å². The second-order valence-corrected chi connectivity index (χ2v) is 9.68. The van der Waals surface area contributed by atoms with Crippen LogP contribution in [0.5, 0.6) is 0 Å². The van der Waals surface area contributed by atoms with E-state index >= 15 is 0 Å². The minimum absolute atomic E-state index is 0.214. The minimum atomic E-state index is -3.49. The topological polar surface area (TPSA) is 92.3 Å². The average molecular weight is 459 g/mol. The predicted octanol–water partition coefficient (Wildman–Crippen LogP) is 2.90. The largest absolute Gasteiger partial charge is 0.296 e. The Kier molecular flexibility index (Phi) is 6.38. The average Bonchev–Trinajstić information content (AvgIpc) is 3.10. The van der Waals surface area contributed by atoms with Crippen LogP contribution in [0.4, 0.5) is 5.13 Å². The molecule has 0 atom stereocenters. The van der Waals surface area contributed by atoms with Crippen LogP contribution in [0.15, 0.2) is 29.2 Å². The van der Waals surface area contributed by atoms with Gasteiger partial charge in [-0.1, -0.05) is 33.7 Å². The number of aromatic nitrogens is 2. The molecule has 1 aliphatic rings. The SMILES string of the molecule is O=C(Nc1nnc(CCBr)s1)c1ccc(S(=O)(=O)N2CCCCC2)cc1. The lowest BCUT2D eigenvalue weighted by atomic mass is 10.2. The highest BCUT2D eigenvalue weighted by molar-refractivity contribution is 9.09. The van der Waals surface area contributed by atoms with Gasteiger partial charge in [0.1, 0.15) is 5.01 Å². The molecule has 0 spiro atoms. The van der Waals surface area contributed by atoms with E-state index in [0.29, 0.717) is 23.8 Å². The van der Waals surface area contributed by atoms with Gasteiger partial charge < -0.3 is 0 Å². The van der Waals surface area contributed by atoms with Crippen LogP contribution in [-0.2, 0) is 16.4 Å². The minimum Gasteiger partial charge on any atom is -0.296 e. The second kappa shape index (κ2) is 8.55. The van der Waals surface area contributed by atoms with Crippen molar-refractivity contribution in [1.82, 2.24) is 14.5 Å². The van der Waals surface area contributed by atoms with E-state index in [1.807, 2.05) is 0 Å². The molecule has 3 rings (SSSR count). The molecule has 7 nitrogen and oxygen atoms in total. The first-order chi connectivity index (χ1) is 12.5. The fourth-order valence-corrected chi connectivity index (χ4v) is 5.58. The third kappa shape index (κ3) is 4.48. The molecule has 1 saturated heterocycles. The van der Waals surface area contributed by atoms with Crippen molar-refractivity contribution in [2.75, 3.05) is 23.7 Å². The van der Waals surface area contributed by atoms with Crippen LogP contribution in [0, 0.1) is 0 Å². The number of benzene rings is 1. The molecule has 10 heteroatoms. The quantitative estimate of drug-likeness (QED) is 0.671. The van der Waals surface area contributed by atoms with Crippen LogP contribution >= 0.6 is 27.3 Å². The Morgan fingerprint density at radius 2 is 1.85 bits per heavy atom. The van der Waals surface area contributed by atoms with Crippen LogP contribution in [0.2, 0.25) is 0 Å². The van der Waals surface area contributed by atoms with E-state index in [2.05, 4.69) is 31.4 Å². The molecule has 0 bridgehead atoms. The predicted molar refractivity (Wildman–Crippen MR) is 104 cm³/mol. The van der Waals surface area contributed by atoms with Gasteiger partial charge in [0.15, 0.2) is 0 Å². The molecule has 0 aliphatic carbocycles. The molecule has 0 radical (unpaired) electrons. The first-order valence-electron chi connectivity index (χ1n) is 8.30. The van der Waals surface area contributed by atoms with Gasteiger partial charge in [0.05, 0.1) is 4.90 Å². The molecule has 0 unspecified atom stereocenters. The van der Waals surface area contributed by atoms with Gasteiger partial charge in [-0.25, -0.2) is 8.42 Å². The summed E-state index contributed by atoms with van der Waals surface area (Å²) in [7, 11) is -3.49. The van der Waals surface area contributed by atoms with Crippen LogP contribution in [-0.4, -0.2) is 47.2 Å². The Morgan fingerprint density at radius 3 is 2.50 bits per heavy atom. The van der Waals surface area contributed by atoms with E-state index in [1.54, 1.807) is 0 Å². The number of sulfonamides is 1. The lowest BCUT2D eigenvalue weighted by Gasteiger charge is -2.25. The number of carbonyl (C=O) groups excluding carboxylic acids is 1. The summed E-state index contributed by atoms with van der Waals surface area (Å²) in [5.41, 5.74) is 0.375. The fourth-order valence-electron chi connectivity index (χ4n) is 2.69. The number of hydrogen-bond donors (Lipinski definition) is 1. The van der Waals surface area contributed by atoms with Gasteiger partial charge in [-0.15, -0.1) is 10.2 Å². The number of amides is 1. The van der Waals surface area contributed by atoms with E-state index in [0.717, 1.165) is 36.0 Å². The number of halogens is 1. The molecule has 1 fully saturated rings. The van der Waals surface area contributed by atoms with Gasteiger partial charge in [-0.05, 0) is 37.1 Å². The number of nitrogens with one attached hydrogen (secondary N) is 1. The lowest BCUT2D eigenvalue weighted by Crippen LogP contribution is -2.35. The molecular weight excluding hydrogens is 440 g/mol. The number of aryl methyl sites for hydroxylation is 1. The monoisotopic (exact) mass is 458 g/mol. The zero-order valence-electron chi connectivity index (χ0n) is 14.0. The summed E-state index contributed by atoms with van der Waals surface area (Å²) in [6.07, 6.45) is 3.59. The molecule has 2 aromatic rings.